The maximum Gasteiger partial charge on any atom is 0.0801 e. The van der Waals surface area contributed by atoms with Gasteiger partial charge in [0.1, 0.15) is 0 Å². The lowest BCUT2D eigenvalue weighted by atomic mass is 10.3. The van der Waals surface area contributed by atoms with Crippen LogP contribution in [-0.2, 0) is 0 Å². The fourth-order valence-electron chi connectivity index (χ4n) is 1.27. The van der Waals surface area contributed by atoms with Crippen molar-refractivity contribution >= 4 is 17.4 Å². The van der Waals surface area contributed by atoms with E-state index in [4.69, 9.17) is 5.73 Å². The average molecular weight is 216 g/mol. The fourth-order valence-corrected chi connectivity index (χ4v) is 2.19. The number of nitrogens with two attached hydrogens (primary N) is 1. The first-order chi connectivity index (χ1) is 7.40. The number of thiophene rings is 1. The minimum Gasteiger partial charge on any atom is -0.327 e. The van der Waals surface area contributed by atoms with Crippen molar-refractivity contribution in [1.29, 1.82) is 0 Å². The van der Waals surface area contributed by atoms with Crippen molar-refractivity contribution in [2.45, 2.75) is 0 Å². The molecule has 0 aliphatic carbocycles. The molecular formula is C12H12N2S. The van der Waals surface area contributed by atoms with E-state index in [9.17, 15) is 0 Å². The van der Waals surface area contributed by atoms with Crippen LogP contribution in [0, 0.1) is 0 Å². The van der Waals surface area contributed by atoms with Gasteiger partial charge in [-0.15, -0.1) is 11.3 Å². The van der Waals surface area contributed by atoms with E-state index in [1.54, 1.807) is 11.3 Å². The van der Waals surface area contributed by atoms with Crippen molar-refractivity contribution in [3.05, 3.63) is 47.5 Å². The van der Waals surface area contributed by atoms with Crippen molar-refractivity contribution in [2.24, 2.45) is 5.73 Å². The molecule has 0 amide bonds. The number of hydrogen-bond donors (Lipinski definition) is 1. The summed E-state index contributed by atoms with van der Waals surface area (Å²) in [6.07, 6.45) is 5.80. The zero-order valence-electron chi connectivity index (χ0n) is 8.26. The summed E-state index contributed by atoms with van der Waals surface area (Å²) >= 11 is 1.72. The largest absolute Gasteiger partial charge is 0.327 e. The molecule has 2 N–H and O–H groups in total. The highest BCUT2D eigenvalue weighted by molar-refractivity contribution is 7.16. The monoisotopic (exact) mass is 216 g/mol. The van der Waals surface area contributed by atoms with Crippen molar-refractivity contribution in [2.75, 3.05) is 6.54 Å². The number of pyridine rings is 1. The van der Waals surface area contributed by atoms with Gasteiger partial charge >= 0.3 is 0 Å². The molecule has 0 aromatic carbocycles. The molecule has 0 radical (unpaired) electrons. The zero-order valence-corrected chi connectivity index (χ0v) is 9.08. The van der Waals surface area contributed by atoms with Crippen LogP contribution in [0.25, 0.3) is 16.6 Å². The van der Waals surface area contributed by atoms with Crippen LogP contribution in [-0.4, -0.2) is 11.5 Å². The average Bonchev–Trinajstić information content (AvgIpc) is 2.76. The van der Waals surface area contributed by atoms with Gasteiger partial charge in [0.25, 0.3) is 0 Å². The van der Waals surface area contributed by atoms with Crippen LogP contribution in [0.2, 0.25) is 0 Å². The molecule has 2 aromatic heterocycles. The van der Waals surface area contributed by atoms with Gasteiger partial charge in [-0.25, -0.2) is 0 Å². The van der Waals surface area contributed by atoms with E-state index in [0.717, 1.165) is 5.69 Å². The van der Waals surface area contributed by atoms with Crippen molar-refractivity contribution in [1.82, 2.24) is 4.98 Å². The van der Waals surface area contributed by atoms with E-state index < -0.39 is 0 Å². The fraction of sp³-hybridized carbons (Fsp3) is 0.0833. The summed E-state index contributed by atoms with van der Waals surface area (Å²) in [5.74, 6) is 0. The van der Waals surface area contributed by atoms with Crippen molar-refractivity contribution in [3.8, 4) is 10.6 Å². The Labute approximate surface area is 93.1 Å². The molecule has 0 atom stereocenters. The van der Waals surface area contributed by atoms with Gasteiger partial charge < -0.3 is 5.73 Å². The Bertz CT molecular complexity index is 446. The van der Waals surface area contributed by atoms with E-state index in [-0.39, 0.29) is 0 Å². The van der Waals surface area contributed by atoms with E-state index in [1.165, 1.54) is 9.75 Å². The Morgan fingerprint density at radius 2 is 2.20 bits per heavy atom. The first-order valence-corrected chi connectivity index (χ1v) is 5.59. The third-order valence-electron chi connectivity index (χ3n) is 1.96. The molecular weight excluding hydrogens is 204 g/mol. The lowest BCUT2D eigenvalue weighted by Gasteiger charge is -1.92. The molecule has 15 heavy (non-hydrogen) atoms. The highest BCUT2D eigenvalue weighted by Gasteiger charge is 2.00. The SMILES string of the molecule is NCC=Cc1ccc(-c2ccccn2)s1. The Morgan fingerprint density at radius 1 is 1.27 bits per heavy atom. The molecule has 2 aromatic rings. The molecule has 2 heterocycles. The van der Waals surface area contributed by atoms with Crippen LogP contribution in [0.15, 0.2) is 42.6 Å². The van der Waals surface area contributed by atoms with Crippen molar-refractivity contribution in [3.63, 3.8) is 0 Å². The molecule has 3 heteroatoms. The Hall–Kier alpha value is -1.45. The first-order valence-electron chi connectivity index (χ1n) is 4.78. The molecule has 76 valence electrons. The Kier molecular flexibility index (Phi) is 3.27. The molecule has 2 nitrogen and oxygen atoms in total. The lowest BCUT2D eigenvalue weighted by molar-refractivity contribution is 1.26. The summed E-state index contributed by atoms with van der Waals surface area (Å²) in [6.45, 7) is 0.580. The molecule has 0 unspecified atom stereocenters. The Morgan fingerprint density at radius 3 is 2.93 bits per heavy atom. The van der Waals surface area contributed by atoms with Crippen LogP contribution in [0.5, 0.6) is 0 Å². The topological polar surface area (TPSA) is 38.9 Å². The molecule has 2 rings (SSSR count). The maximum atomic E-state index is 5.40. The summed E-state index contributed by atoms with van der Waals surface area (Å²) < 4.78 is 0. The summed E-state index contributed by atoms with van der Waals surface area (Å²) in [5.41, 5.74) is 6.42. The standard InChI is InChI=1S/C12H12N2S/c13-8-3-4-10-6-7-12(15-10)11-5-1-2-9-14-11/h1-7,9H,8,13H2. The minimum absolute atomic E-state index is 0.580. The number of nitrogens with zero attached hydrogens (tertiary/aromatic N) is 1. The quantitative estimate of drug-likeness (QED) is 0.856. The van der Waals surface area contributed by atoms with Gasteiger partial charge in [0.05, 0.1) is 10.6 Å². The second-order valence-electron chi connectivity index (χ2n) is 3.06. The van der Waals surface area contributed by atoms with E-state index >= 15 is 0 Å². The molecule has 0 saturated carbocycles. The van der Waals surface area contributed by atoms with Crippen LogP contribution < -0.4 is 5.73 Å². The minimum atomic E-state index is 0.580. The van der Waals surface area contributed by atoms with Crippen LogP contribution in [0.4, 0.5) is 0 Å². The third kappa shape index (κ3) is 2.52. The lowest BCUT2D eigenvalue weighted by Crippen LogP contribution is -1.91. The van der Waals surface area contributed by atoms with Gasteiger partial charge in [-0.2, -0.15) is 0 Å². The van der Waals surface area contributed by atoms with E-state index in [1.807, 2.05) is 36.5 Å². The summed E-state index contributed by atoms with van der Waals surface area (Å²) in [4.78, 5) is 6.70. The molecule has 0 fully saturated rings. The first kappa shape index (κ1) is 10.1. The van der Waals surface area contributed by atoms with Crippen LogP contribution >= 0.6 is 11.3 Å². The van der Waals surface area contributed by atoms with E-state index in [0.29, 0.717) is 6.54 Å². The van der Waals surface area contributed by atoms with Crippen LogP contribution in [0.1, 0.15) is 4.88 Å². The molecule has 0 aliphatic rings. The zero-order chi connectivity index (χ0) is 10.5. The van der Waals surface area contributed by atoms with Gasteiger partial charge in [0, 0.05) is 17.6 Å². The summed E-state index contributed by atoms with van der Waals surface area (Å²) in [6, 6.07) is 10.1. The van der Waals surface area contributed by atoms with Gasteiger partial charge in [-0.05, 0) is 30.3 Å². The van der Waals surface area contributed by atoms with E-state index in [2.05, 4.69) is 17.1 Å². The van der Waals surface area contributed by atoms with Crippen molar-refractivity contribution < 1.29 is 0 Å². The second kappa shape index (κ2) is 4.87. The summed E-state index contributed by atoms with van der Waals surface area (Å²) in [5, 5.41) is 0. The van der Waals surface area contributed by atoms with Gasteiger partial charge in [0.15, 0.2) is 0 Å². The normalized spacial score (nSPS) is 11.0. The second-order valence-corrected chi connectivity index (χ2v) is 4.17. The smallest absolute Gasteiger partial charge is 0.0801 e. The third-order valence-corrected chi connectivity index (χ3v) is 3.04. The molecule has 0 spiro atoms. The molecule has 0 bridgehead atoms. The Balaban J connectivity index is 2.24. The van der Waals surface area contributed by atoms with Crippen LogP contribution in [0.3, 0.4) is 0 Å². The predicted molar refractivity (Wildman–Crippen MR) is 65.6 cm³/mol. The maximum absolute atomic E-state index is 5.40. The molecule has 0 aliphatic heterocycles. The van der Waals surface area contributed by atoms with Gasteiger partial charge in [-0.3, -0.25) is 4.98 Å². The number of hydrogen-bond acceptors (Lipinski definition) is 3. The number of rotatable bonds is 3. The predicted octanol–water partition coefficient (Wildman–Crippen LogP) is 2.78. The van der Waals surface area contributed by atoms with Gasteiger partial charge in [0.2, 0.25) is 0 Å². The highest BCUT2D eigenvalue weighted by Crippen LogP contribution is 2.26. The number of aromatic nitrogens is 1. The summed E-state index contributed by atoms with van der Waals surface area (Å²) in [7, 11) is 0. The molecule has 0 saturated heterocycles. The van der Waals surface area contributed by atoms with Gasteiger partial charge in [-0.1, -0.05) is 12.1 Å². The highest BCUT2D eigenvalue weighted by atomic mass is 32.1.